The molecule has 2 heterocycles. The molecule has 2 aliphatic rings. The molecule has 14 heavy (non-hydrogen) atoms. The Labute approximate surface area is 86.5 Å². The van der Waals surface area contributed by atoms with Crippen molar-refractivity contribution >= 4 is 16.7 Å². The second-order valence-electron chi connectivity index (χ2n) is 3.82. The number of amides is 1. The minimum absolute atomic E-state index is 0.0292. The summed E-state index contributed by atoms with van der Waals surface area (Å²) in [4.78, 5) is 13.7. The van der Waals surface area contributed by atoms with E-state index in [1.165, 1.54) is 0 Å². The largest absolute Gasteiger partial charge is 0.340 e. The lowest BCUT2D eigenvalue weighted by atomic mass is 10.2. The highest BCUT2D eigenvalue weighted by molar-refractivity contribution is 7.85. The van der Waals surface area contributed by atoms with E-state index >= 15 is 0 Å². The SMILES string of the molecule is O=C([C@@H]1CCCN1)N1CCS(=O)CC1. The molecule has 0 aromatic heterocycles. The van der Waals surface area contributed by atoms with E-state index < -0.39 is 10.8 Å². The molecule has 80 valence electrons. The minimum Gasteiger partial charge on any atom is -0.340 e. The zero-order valence-electron chi connectivity index (χ0n) is 8.20. The third-order valence-corrected chi connectivity index (χ3v) is 4.12. The van der Waals surface area contributed by atoms with Crippen LogP contribution in [0, 0.1) is 0 Å². The molecule has 1 amide bonds. The van der Waals surface area contributed by atoms with E-state index in [9.17, 15) is 9.00 Å². The fourth-order valence-corrected chi connectivity index (χ4v) is 3.03. The van der Waals surface area contributed by atoms with Crippen LogP contribution in [0.1, 0.15) is 12.8 Å². The molecular weight excluding hydrogens is 200 g/mol. The Morgan fingerprint density at radius 3 is 2.64 bits per heavy atom. The van der Waals surface area contributed by atoms with Gasteiger partial charge in [0.05, 0.1) is 6.04 Å². The number of nitrogens with zero attached hydrogens (tertiary/aromatic N) is 1. The zero-order valence-corrected chi connectivity index (χ0v) is 9.02. The summed E-state index contributed by atoms with van der Waals surface area (Å²) < 4.78 is 11.1. The first-order chi connectivity index (χ1) is 6.77. The second kappa shape index (κ2) is 4.40. The molecule has 0 bridgehead atoms. The lowest BCUT2D eigenvalue weighted by molar-refractivity contribution is -0.132. The molecule has 0 saturated carbocycles. The third kappa shape index (κ3) is 2.15. The number of nitrogens with one attached hydrogen (secondary N) is 1. The van der Waals surface area contributed by atoms with Gasteiger partial charge in [0.15, 0.2) is 0 Å². The lowest BCUT2D eigenvalue weighted by Crippen LogP contribution is -2.48. The molecule has 0 spiro atoms. The molecule has 1 N–H and O–H groups in total. The van der Waals surface area contributed by atoms with Crippen LogP contribution in [-0.4, -0.2) is 52.2 Å². The summed E-state index contributed by atoms with van der Waals surface area (Å²) in [7, 11) is -0.693. The van der Waals surface area contributed by atoms with Crippen molar-refractivity contribution in [1.82, 2.24) is 10.2 Å². The Hall–Kier alpha value is -0.420. The van der Waals surface area contributed by atoms with Gasteiger partial charge in [0, 0.05) is 35.4 Å². The first-order valence-corrected chi connectivity index (χ1v) is 6.63. The molecule has 0 aromatic carbocycles. The van der Waals surface area contributed by atoms with Gasteiger partial charge in [-0.05, 0) is 19.4 Å². The van der Waals surface area contributed by atoms with Gasteiger partial charge in [-0.3, -0.25) is 9.00 Å². The maximum Gasteiger partial charge on any atom is 0.239 e. The summed E-state index contributed by atoms with van der Waals surface area (Å²) in [5, 5.41) is 3.20. The van der Waals surface area contributed by atoms with Crippen LogP contribution in [0.25, 0.3) is 0 Å². The van der Waals surface area contributed by atoms with E-state index in [4.69, 9.17) is 0 Å². The van der Waals surface area contributed by atoms with Crippen LogP contribution in [0.5, 0.6) is 0 Å². The van der Waals surface area contributed by atoms with Gasteiger partial charge in [0.1, 0.15) is 0 Å². The molecule has 2 aliphatic heterocycles. The van der Waals surface area contributed by atoms with Crippen molar-refractivity contribution < 1.29 is 9.00 Å². The van der Waals surface area contributed by atoms with Crippen molar-refractivity contribution in [2.45, 2.75) is 18.9 Å². The van der Waals surface area contributed by atoms with Gasteiger partial charge in [-0.1, -0.05) is 0 Å². The van der Waals surface area contributed by atoms with Crippen molar-refractivity contribution in [3.63, 3.8) is 0 Å². The van der Waals surface area contributed by atoms with Crippen LogP contribution in [0.2, 0.25) is 0 Å². The first-order valence-electron chi connectivity index (χ1n) is 5.14. The average molecular weight is 216 g/mol. The van der Waals surface area contributed by atoms with Gasteiger partial charge in [-0.2, -0.15) is 0 Å². The summed E-state index contributed by atoms with van der Waals surface area (Å²) in [6.45, 7) is 2.30. The Bertz CT molecular complexity index is 241. The Morgan fingerprint density at radius 1 is 1.36 bits per heavy atom. The van der Waals surface area contributed by atoms with Crippen LogP contribution >= 0.6 is 0 Å². The van der Waals surface area contributed by atoms with E-state index in [2.05, 4.69) is 5.32 Å². The van der Waals surface area contributed by atoms with Crippen LogP contribution in [0.3, 0.4) is 0 Å². The van der Waals surface area contributed by atoms with Crippen LogP contribution < -0.4 is 5.32 Å². The highest BCUT2D eigenvalue weighted by Gasteiger charge is 2.28. The lowest BCUT2D eigenvalue weighted by Gasteiger charge is -2.28. The van der Waals surface area contributed by atoms with Crippen molar-refractivity contribution in [2.24, 2.45) is 0 Å². The number of hydrogen-bond donors (Lipinski definition) is 1. The van der Waals surface area contributed by atoms with E-state index in [1.54, 1.807) is 0 Å². The first kappa shape index (κ1) is 10.1. The predicted octanol–water partition coefficient (Wildman–Crippen LogP) is -0.671. The molecule has 2 fully saturated rings. The summed E-state index contributed by atoms with van der Waals surface area (Å²) >= 11 is 0. The number of rotatable bonds is 1. The molecule has 1 atom stereocenters. The Balaban J connectivity index is 1.88. The quantitative estimate of drug-likeness (QED) is 0.632. The van der Waals surface area contributed by atoms with Gasteiger partial charge in [0.2, 0.25) is 5.91 Å². The fraction of sp³-hybridized carbons (Fsp3) is 0.889. The van der Waals surface area contributed by atoms with Crippen molar-refractivity contribution in [3.05, 3.63) is 0 Å². The molecule has 0 aliphatic carbocycles. The smallest absolute Gasteiger partial charge is 0.239 e. The summed E-state index contributed by atoms with van der Waals surface area (Å²) in [6, 6.07) is 0.0292. The molecule has 2 saturated heterocycles. The normalized spacial score (nSPS) is 29.4. The number of hydrogen-bond acceptors (Lipinski definition) is 3. The highest BCUT2D eigenvalue weighted by Crippen LogP contribution is 2.10. The van der Waals surface area contributed by atoms with E-state index in [0.717, 1.165) is 19.4 Å². The van der Waals surface area contributed by atoms with Gasteiger partial charge in [-0.25, -0.2) is 0 Å². The average Bonchev–Trinajstić information content (AvgIpc) is 2.71. The number of carbonyl (C=O) groups excluding carboxylic acids is 1. The second-order valence-corrected chi connectivity index (χ2v) is 5.52. The fourth-order valence-electron chi connectivity index (χ4n) is 1.97. The monoisotopic (exact) mass is 216 g/mol. The maximum atomic E-state index is 11.9. The summed E-state index contributed by atoms with van der Waals surface area (Å²) in [6.07, 6.45) is 2.05. The van der Waals surface area contributed by atoms with Crippen LogP contribution in [0.15, 0.2) is 0 Å². The van der Waals surface area contributed by atoms with E-state index in [0.29, 0.717) is 24.6 Å². The zero-order chi connectivity index (χ0) is 9.97. The topological polar surface area (TPSA) is 49.4 Å². The number of carbonyl (C=O) groups is 1. The molecule has 0 aromatic rings. The minimum atomic E-state index is -0.693. The molecule has 0 radical (unpaired) electrons. The van der Waals surface area contributed by atoms with E-state index in [-0.39, 0.29) is 11.9 Å². The molecule has 4 nitrogen and oxygen atoms in total. The van der Waals surface area contributed by atoms with Crippen molar-refractivity contribution in [3.8, 4) is 0 Å². The van der Waals surface area contributed by atoms with E-state index in [1.807, 2.05) is 4.90 Å². The molecule has 0 unspecified atom stereocenters. The van der Waals surface area contributed by atoms with Gasteiger partial charge >= 0.3 is 0 Å². The Morgan fingerprint density at radius 2 is 2.07 bits per heavy atom. The van der Waals surface area contributed by atoms with Crippen LogP contribution in [0.4, 0.5) is 0 Å². The highest BCUT2D eigenvalue weighted by atomic mass is 32.2. The van der Waals surface area contributed by atoms with Gasteiger partial charge in [0.25, 0.3) is 0 Å². The predicted molar refractivity (Wildman–Crippen MR) is 55.5 cm³/mol. The Kier molecular flexibility index (Phi) is 3.18. The van der Waals surface area contributed by atoms with Crippen LogP contribution in [-0.2, 0) is 15.6 Å². The standard InChI is InChI=1S/C9H16N2O2S/c12-9(8-2-1-3-10-8)11-4-6-14(13)7-5-11/h8,10H,1-7H2/t8-/m0/s1. The van der Waals surface area contributed by atoms with Crippen molar-refractivity contribution in [2.75, 3.05) is 31.1 Å². The van der Waals surface area contributed by atoms with Gasteiger partial charge < -0.3 is 10.2 Å². The maximum absolute atomic E-state index is 11.9. The molecule has 5 heteroatoms. The third-order valence-electron chi connectivity index (χ3n) is 2.85. The van der Waals surface area contributed by atoms with Gasteiger partial charge in [-0.15, -0.1) is 0 Å². The summed E-state index contributed by atoms with van der Waals surface area (Å²) in [5.41, 5.74) is 0. The van der Waals surface area contributed by atoms with Crippen molar-refractivity contribution in [1.29, 1.82) is 0 Å². The summed E-state index contributed by atoms with van der Waals surface area (Å²) in [5.74, 6) is 1.51. The molecular formula is C9H16N2O2S. The molecule has 2 rings (SSSR count).